The summed E-state index contributed by atoms with van der Waals surface area (Å²) in [6.45, 7) is 2.20. The van der Waals surface area contributed by atoms with Crippen LogP contribution < -0.4 is 11.5 Å². The maximum atomic E-state index is 5.67. The summed E-state index contributed by atoms with van der Waals surface area (Å²) in [6, 6.07) is 0. The Bertz CT molecular complexity index is 300. The molecular weight excluding hydrogens is 190 g/mol. The number of rotatable bonds is 6. The molecule has 1 aromatic heterocycles. The van der Waals surface area contributed by atoms with Crippen molar-refractivity contribution in [3.8, 4) is 0 Å². The first-order chi connectivity index (χ1) is 7.24. The number of nitrogens with zero attached hydrogens (tertiary/aromatic N) is 3. The second kappa shape index (κ2) is 6.16. The molecular formula is C10H19N5. The van der Waals surface area contributed by atoms with Gasteiger partial charge < -0.3 is 11.5 Å². The molecule has 0 atom stereocenters. The highest BCUT2D eigenvalue weighted by atomic mass is 15.2. The molecule has 0 aliphatic carbocycles. The van der Waals surface area contributed by atoms with Crippen LogP contribution in [0.3, 0.4) is 0 Å². The fraction of sp³-hybridized carbons (Fsp3) is 0.700. The average molecular weight is 209 g/mol. The molecule has 1 heterocycles. The van der Waals surface area contributed by atoms with Gasteiger partial charge in [0.05, 0.1) is 0 Å². The smallest absolute Gasteiger partial charge is 0.242 e. The zero-order valence-electron chi connectivity index (χ0n) is 9.24. The monoisotopic (exact) mass is 209 g/mol. The summed E-state index contributed by atoms with van der Waals surface area (Å²) in [5, 5.41) is 7.62. The SMILES string of the molecule is CCCCCCCc1nnc(N)nc1N. The van der Waals surface area contributed by atoms with Crippen molar-refractivity contribution in [3.05, 3.63) is 5.69 Å². The zero-order chi connectivity index (χ0) is 11.1. The van der Waals surface area contributed by atoms with E-state index in [1.54, 1.807) is 0 Å². The zero-order valence-corrected chi connectivity index (χ0v) is 9.24. The topological polar surface area (TPSA) is 90.7 Å². The van der Waals surface area contributed by atoms with E-state index >= 15 is 0 Å². The summed E-state index contributed by atoms with van der Waals surface area (Å²) in [4.78, 5) is 3.87. The third-order valence-corrected chi connectivity index (χ3v) is 2.32. The van der Waals surface area contributed by atoms with Gasteiger partial charge in [-0.05, 0) is 12.8 Å². The van der Waals surface area contributed by atoms with Crippen molar-refractivity contribution in [2.75, 3.05) is 11.5 Å². The van der Waals surface area contributed by atoms with Crippen LogP contribution in [0.2, 0.25) is 0 Å². The first kappa shape index (κ1) is 11.7. The van der Waals surface area contributed by atoms with Crippen LogP contribution in [-0.2, 0) is 6.42 Å². The molecule has 0 radical (unpaired) electrons. The van der Waals surface area contributed by atoms with Crippen LogP contribution in [0.25, 0.3) is 0 Å². The maximum Gasteiger partial charge on any atom is 0.242 e. The standard InChI is InChI=1S/C10H19N5/c1-2-3-4-5-6-7-8-9(11)13-10(12)15-14-8/h2-7H2,1H3,(H4,11,12,13,15). The van der Waals surface area contributed by atoms with Crippen LogP contribution >= 0.6 is 0 Å². The van der Waals surface area contributed by atoms with Crippen LogP contribution in [-0.4, -0.2) is 15.2 Å². The fourth-order valence-electron chi connectivity index (χ4n) is 1.45. The third-order valence-electron chi connectivity index (χ3n) is 2.32. The molecule has 84 valence electrons. The molecule has 0 spiro atoms. The Labute approximate surface area is 90.3 Å². The second-order valence-electron chi connectivity index (χ2n) is 3.67. The molecule has 0 aliphatic rings. The van der Waals surface area contributed by atoms with Gasteiger partial charge in [0, 0.05) is 0 Å². The van der Waals surface area contributed by atoms with Crippen LogP contribution in [0.1, 0.15) is 44.7 Å². The van der Waals surface area contributed by atoms with Crippen molar-refractivity contribution in [1.82, 2.24) is 15.2 Å². The Morgan fingerprint density at radius 2 is 1.73 bits per heavy atom. The predicted molar refractivity (Wildman–Crippen MR) is 61.1 cm³/mol. The molecule has 0 aromatic carbocycles. The van der Waals surface area contributed by atoms with Crippen LogP contribution in [0, 0.1) is 0 Å². The van der Waals surface area contributed by atoms with E-state index in [2.05, 4.69) is 22.1 Å². The van der Waals surface area contributed by atoms with Gasteiger partial charge in [0.1, 0.15) is 5.69 Å². The fourth-order valence-corrected chi connectivity index (χ4v) is 1.45. The van der Waals surface area contributed by atoms with Crippen molar-refractivity contribution in [1.29, 1.82) is 0 Å². The first-order valence-corrected chi connectivity index (χ1v) is 5.48. The van der Waals surface area contributed by atoms with E-state index in [0.717, 1.165) is 18.5 Å². The van der Waals surface area contributed by atoms with E-state index in [4.69, 9.17) is 11.5 Å². The van der Waals surface area contributed by atoms with Crippen LogP contribution in [0.5, 0.6) is 0 Å². The minimum atomic E-state index is 0.141. The van der Waals surface area contributed by atoms with E-state index in [9.17, 15) is 0 Å². The normalized spacial score (nSPS) is 10.5. The van der Waals surface area contributed by atoms with Crippen LogP contribution in [0.4, 0.5) is 11.8 Å². The second-order valence-corrected chi connectivity index (χ2v) is 3.67. The number of aryl methyl sites for hydroxylation is 1. The third kappa shape index (κ3) is 4.10. The number of unbranched alkanes of at least 4 members (excludes halogenated alkanes) is 4. The van der Waals surface area contributed by atoms with Crippen molar-refractivity contribution in [2.24, 2.45) is 0 Å². The molecule has 5 heteroatoms. The van der Waals surface area contributed by atoms with Crippen molar-refractivity contribution in [3.63, 3.8) is 0 Å². The summed E-state index contributed by atoms with van der Waals surface area (Å²) >= 11 is 0. The summed E-state index contributed by atoms with van der Waals surface area (Å²) in [5.74, 6) is 0.556. The van der Waals surface area contributed by atoms with Gasteiger partial charge in [0.2, 0.25) is 5.95 Å². The molecule has 0 fully saturated rings. The van der Waals surface area contributed by atoms with Gasteiger partial charge in [-0.3, -0.25) is 0 Å². The van der Waals surface area contributed by atoms with Gasteiger partial charge in [-0.25, -0.2) is 0 Å². The van der Waals surface area contributed by atoms with E-state index in [1.807, 2.05) is 0 Å². The Morgan fingerprint density at radius 3 is 2.40 bits per heavy atom. The Kier molecular flexibility index (Phi) is 4.80. The number of nitrogen functional groups attached to an aromatic ring is 2. The Balaban J connectivity index is 2.31. The molecule has 0 bridgehead atoms. The van der Waals surface area contributed by atoms with Crippen LogP contribution in [0.15, 0.2) is 0 Å². The highest BCUT2D eigenvalue weighted by Gasteiger charge is 2.03. The molecule has 5 nitrogen and oxygen atoms in total. The van der Waals surface area contributed by atoms with Crippen molar-refractivity contribution >= 4 is 11.8 Å². The van der Waals surface area contributed by atoms with Gasteiger partial charge in [0.15, 0.2) is 5.82 Å². The van der Waals surface area contributed by atoms with Gasteiger partial charge in [-0.1, -0.05) is 32.6 Å². The maximum absolute atomic E-state index is 5.67. The molecule has 1 rings (SSSR count). The average Bonchev–Trinajstić information content (AvgIpc) is 2.20. The lowest BCUT2D eigenvalue weighted by molar-refractivity contribution is 0.625. The van der Waals surface area contributed by atoms with Gasteiger partial charge in [-0.15, -0.1) is 10.2 Å². The van der Waals surface area contributed by atoms with Crippen molar-refractivity contribution < 1.29 is 0 Å². The number of hydrogen-bond donors (Lipinski definition) is 2. The lowest BCUT2D eigenvalue weighted by Gasteiger charge is -2.03. The van der Waals surface area contributed by atoms with Gasteiger partial charge in [-0.2, -0.15) is 4.98 Å². The minimum Gasteiger partial charge on any atom is -0.382 e. The van der Waals surface area contributed by atoms with E-state index in [1.165, 1.54) is 25.7 Å². The predicted octanol–water partition coefficient (Wildman–Crippen LogP) is 1.55. The number of anilines is 2. The molecule has 0 saturated heterocycles. The highest BCUT2D eigenvalue weighted by molar-refractivity contribution is 5.36. The highest BCUT2D eigenvalue weighted by Crippen LogP contribution is 2.11. The largest absolute Gasteiger partial charge is 0.382 e. The minimum absolute atomic E-state index is 0.141. The molecule has 0 unspecified atom stereocenters. The van der Waals surface area contributed by atoms with Gasteiger partial charge >= 0.3 is 0 Å². The van der Waals surface area contributed by atoms with E-state index < -0.39 is 0 Å². The molecule has 1 aromatic rings. The molecule has 0 saturated carbocycles. The van der Waals surface area contributed by atoms with E-state index in [-0.39, 0.29) is 5.95 Å². The molecule has 0 amide bonds. The Hall–Kier alpha value is -1.39. The number of nitrogens with two attached hydrogens (primary N) is 2. The first-order valence-electron chi connectivity index (χ1n) is 5.48. The Morgan fingerprint density at radius 1 is 1.00 bits per heavy atom. The number of aromatic nitrogens is 3. The lowest BCUT2D eigenvalue weighted by Crippen LogP contribution is -2.07. The van der Waals surface area contributed by atoms with Crippen molar-refractivity contribution in [2.45, 2.75) is 45.4 Å². The quantitative estimate of drug-likeness (QED) is 0.693. The molecule has 0 aliphatic heterocycles. The summed E-state index contributed by atoms with van der Waals surface area (Å²) in [7, 11) is 0. The summed E-state index contributed by atoms with van der Waals surface area (Å²) in [6.07, 6.45) is 6.96. The summed E-state index contributed by atoms with van der Waals surface area (Å²) in [5.41, 5.74) is 11.8. The molecule has 15 heavy (non-hydrogen) atoms. The van der Waals surface area contributed by atoms with Gasteiger partial charge in [0.25, 0.3) is 0 Å². The number of hydrogen-bond acceptors (Lipinski definition) is 5. The summed E-state index contributed by atoms with van der Waals surface area (Å²) < 4.78 is 0. The van der Waals surface area contributed by atoms with E-state index in [0.29, 0.717) is 5.82 Å². The lowest BCUT2D eigenvalue weighted by atomic mass is 10.1. The molecule has 4 N–H and O–H groups in total.